The Kier molecular flexibility index (Phi) is 5.28. The highest BCUT2D eigenvalue weighted by molar-refractivity contribution is 5.95. The van der Waals surface area contributed by atoms with E-state index in [1.54, 1.807) is 42.6 Å². The standard InChI is InChI=1S/C19H21N3O3/c23-17(13-22-12-4-3-7-18(22)24)20-16-10-8-14(9-11-16)19(25)21-15-5-1-2-6-15/h3-4,7-12,15H,1-2,5-6,13H2,(H,20,23)(H,21,25). The van der Waals surface area contributed by atoms with Crippen LogP contribution >= 0.6 is 0 Å². The molecular formula is C19H21N3O3. The highest BCUT2D eigenvalue weighted by Gasteiger charge is 2.17. The van der Waals surface area contributed by atoms with Crippen molar-refractivity contribution in [1.29, 1.82) is 0 Å². The van der Waals surface area contributed by atoms with Crippen LogP contribution in [0.25, 0.3) is 0 Å². The van der Waals surface area contributed by atoms with Gasteiger partial charge in [0, 0.05) is 29.6 Å². The topological polar surface area (TPSA) is 80.2 Å². The van der Waals surface area contributed by atoms with Crippen molar-refractivity contribution in [2.45, 2.75) is 38.3 Å². The maximum Gasteiger partial charge on any atom is 0.251 e. The number of benzene rings is 1. The summed E-state index contributed by atoms with van der Waals surface area (Å²) in [5.41, 5.74) is 0.937. The van der Waals surface area contributed by atoms with E-state index in [4.69, 9.17) is 0 Å². The van der Waals surface area contributed by atoms with E-state index in [0.29, 0.717) is 11.3 Å². The molecule has 1 aromatic carbocycles. The van der Waals surface area contributed by atoms with E-state index in [9.17, 15) is 14.4 Å². The van der Waals surface area contributed by atoms with Crippen LogP contribution in [0.4, 0.5) is 5.69 Å². The second-order valence-corrected chi connectivity index (χ2v) is 6.25. The second-order valence-electron chi connectivity index (χ2n) is 6.25. The predicted octanol–water partition coefficient (Wildman–Crippen LogP) is 2.16. The lowest BCUT2D eigenvalue weighted by molar-refractivity contribution is -0.116. The lowest BCUT2D eigenvalue weighted by Crippen LogP contribution is -2.32. The number of amides is 2. The van der Waals surface area contributed by atoms with E-state index in [2.05, 4.69) is 10.6 Å². The molecule has 3 rings (SSSR count). The third-order valence-electron chi connectivity index (χ3n) is 4.33. The first kappa shape index (κ1) is 17.0. The first-order chi connectivity index (χ1) is 12.1. The number of aromatic nitrogens is 1. The molecule has 0 aliphatic heterocycles. The van der Waals surface area contributed by atoms with E-state index < -0.39 is 0 Å². The van der Waals surface area contributed by atoms with Crippen molar-refractivity contribution >= 4 is 17.5 Å². The Morgan fingerprint density at radius 2 is 1.76 bits per heavy atom. The van der Waals surface area contributed by atoms with Gasteiger partial charge in [0.15, 0.2) is 0 Å². The van der Waals surface area contributed by atoms with Crippen LogP contribution < -0.4 is 16.2 Å². The number of nitrogens with one attached hydrogen (secondary N) is 2. The van der Waals surface area contributed by atoms with Gasteiger partial charge in [0.25, 0.3) is 11.5 Å². The Balaban J connectivity index is 1.56. The van der Waals surface area contributed by atoms with Crippen LogP contribution in [0.5, 0.6) is 0 Å². The smallest absolute Gasteiger partial charge is 0.251 e. The summed E-state index contributed by atoms with van der Waals surface area (Å²) in [6.45, 7) is -0.0520. The summed E-state index contributed by atoms with van der Waals surface area (Å²) in [6.07, 6.45) is 5.98. The van der Waals surface area contributed by atoms with Gasteiger partial charge in [0.05, 0.1) is 0 Å². The molecular weight excluding hydrogens is 318 g/mol. The average Bonchev–Trinajstić information content (AvgIpc) is 3.10. The van der Waals surface area contributed by atoms with Gasteiger partial charge in [-0.25, -0.2) is 0 Å². The van der Waals surface area contributed by atoms with Crippen LogP contribution in [-0.4, -0.2) is 22.4 Å². The van der Waals surface area contributed by atoms with Crippen molar-refractivity contribution in [3.63, 3.8) is 0 Å². The zero-order valence-electron chi connectivity index (χ0n) is 13.9. The number of rotatable bonds is 5. The first-order valence-corrected chi connectivity index (χ1v) is 8.48. The lowest BCUT2D eigenvalue weighted by Gasteiger charge is -2.12. The Morgan fingerprint density at radius 3 is 2.44 bits per heavy atom. The normalized spacial score (nSPS) is 14.2. The van der Waals surface area contributed by atoms with Gasteiger partial charge >= 0.3 is 0 Å². The molecule has 6 heteroatoms. The lowest BCUT2D eigenvalue weighted by atomic mass is 10.1. The summed E-state index contributed by atoms with van der Waals surface area (Å²) in [5, 5.41) is 5.76. The number of nitrogens with zero attached hydrogens (tertiary/aromatic N) is 1. The molecule has 2 amide bonds. The first-order valence-electron chi connectivity index (χ1n) is 8.48. The quantitative estimate of drug-likeness (QED) is 0.876. The molecule has 0 saturated heterocycles. The minimum absolute atomic E-state index is 0.0520. The minimum Gasteiger partial charge on any atom is -0.349 e. The van der Waals surface area contributed by atoms with E-state index in [-0.39, 0.29) is 30.0 Å². The van der Waals surface area contributed by atoms with Crippen molar-refractivity contribution in [3.8, 4) is 0 Å². The molecule has 1 fully saturated rings. The summed E-state index contributed by atoms with van der Waals surface area (Å²) >= 11 is 0. The van der Waals surface area contributed by atoms with Crippen LogP contribution in [0.1, 0.15) is 36.0 Å². The van der Waals surface area contributed by atoms with Gasteiger partial charge in [-0.2, -0.15) is 0 Å². The predicted molar refractivity (Wildman–Crippen MR) is 95.5 cm³/mol. The Labute approximate surface area is 145 Å². The number of carbonyl (C=O) groups excluding carboxylic acids is 2. The van der Waals surface area contributed by atoms with Crippen molar-refractivity contribution in [2.24, 2.45) is 0 Å². The molecule has 2 N–H and O–H groups in total. The zero-order chi connectivity index (χ0) is 17.6. The number of carbonyl (C=O) groups is 2. The monoisotopic (exact) mass is 339 g/mol. The van der Waals surface area contributed by atoms with Gasteiger partial charge in [0.1, 0.15) is 6.54 Å². The Morgan fingerprint density at radius 1 is 1.04 bits per heavy atom. The van der Waals surface area contributed by atoms with Crippen LogP contribution in [0.15, 0.2) is 53.5 Å². The average molecular weight is 339 g/mol. The molecule has 130 valence electrons. The summed E-state index contributed by atoms with van der Waals surface area (Å²) in [5.74, 6) is -0.378. The van der Waals surface area contributed by atoms with E-state index >= 15 is 0 Å². The minimum atomic E-state index is -0.295. The highest BCUT2D eigenvalue weighted by Crippen LogP contribution is 2.18. The van der Waals surface area contributed by atoms with Gasteiger partial charge in [-0.1, -0.05) is 18.9 Å². The summed E-state index contributed by atoms with van der Waals surface area (Å²) < 4.78 is 1.33. The van der Waals surface area contributed by atoms with Crippen molar-refractivity contribution in [3.05, 3.63) is 64.6 Å². The molecule has 1 heterocycles. The van der Waals surface area contributed by atoms with Gasteiger partial charge in [0.2, 0.25) is 5.91 Å². The largest absolute Gasteiger partial charge is 0.349 e. The van der Waals surface area contributed by atoms with E-state index in [0.717, 1.165) is 12.8 Å². The molecule has 0 spiro atoms. The molecule has 0 radical (unpaired) electrons. The van der Waals surface area contributed by atoms with Crippen LogP contribution in [-0.2, 0) is 11.3 Å². The summed E-state index contributed by atoms with van der Waals surface area (Å²) in [6, 6.07) is 11.8. The molecule has 1 aliphatic carbocycles. The van der Waals surface area contributed by atoms with Crippen LogP contribution in [0.3, 0.4) is 0 Å². The van der Waals surface area contributed by atoms with Gasteiger partial charge in [-0.15, -0.1) is 0 Å². The number of anilines is 1. The molecule has 0 atom stereocenters. The second kappa shape index (κ2) is 7.79. The molecule has 6 nitrogen and oxygen atoms in total. The van der Waals surface area contributed by atoms with Crippen molar-refractivity contribution < 1.29 is 9.59 Å². The molecule has 1 aromatic heterocycles. The van der Waals surface area contributed by atoms with E-state index in [1.165, 1.54) is 23.5 Å². The maximum atomic E-state index is 12.2. The fraction of sp³-hybridized carbons (Fsp3) is 0.316. The molecule has 0 unspecified atom stereocenters. The molecule has 2 aromatic rings. The summed E-state index contributed by atoms with van der Waals surface area (Å²) in [7, 11) is 0. The van der Waals surface area contributed by atoms with Crippen molar-refractivity contribution in [1.82, 2.24) is 9.88 Å². The van der Waals surface area contributed by atoms with Crippen LogP contribution in [0.2, 0.25) is 0 Å². The third-order valence-corrected chi connectivity index (χ3v) is 4.33. The fourth-order valence-electron chi connectivity index (χ4n) is 2.99. The van der Waals surface area contributed by atoms with Crippen LogP contribution in [0, 0.1) is 0 Å². The van der Waals surface area contributed by atoms with Crippen molar-refractivity contribution in [2.75, 3.05) is 5.32 Å². The Hall–Kier alpha value is -2.89. The zero-order valence-corrected chi connectivity index (χ0v) is 13.9. The number of hydrogen-bond donors (Lipinski definition) is 2. The van der Waals surface area contributed by atoms with Gasteiger partial charge in [-0.05, 0) is 43.2 Å². The highest BCUT2D eigenvalue weighted by atomic mass is 16.2. The number of pyridine rings is 1. The fourth-order valence-corrected chi connectivity index (χ4v) is 2.99. The SMILES string of the molecule is O=C(Cn1ccccc1=O)Nc1ccc(C(=O)NC2CCCC2)cc1. The molecule has 1 saturated carbocycles. The molecule has 0 bridgehead atoms. The number of hydrogen-bond acceptors (Lipinski definition) is 3. The van der Waals surface area contributed by atoms with Gasteiger partial charge in [-0.3, -0.25) is 14.4 Å². The summed E-state index contributed by atoms with van der Waals surface area (Å²) in [4.78, 5) is 35.8. The third kappa shape index (κ3) is 4.56. The maximum absolute atomic E-state index is 12.2. The molecule has 25 heavy (non-hydrogen) atoms. The van der Waals surface area contributed by atoms with E-state index in [1.807, 2.05) is 0 Å². The van der Waals surface area contributed by atoms with Gasteiger partial charge < -0.3 is 15.2 Å². The molecule has 1 aliphatic rings. The Bertz CT molecular complexity index is 805.